The molecule has 3 rings (SSSR count). The van der Waals surface area contributed by atoms with Crippen LogP contribution >= 0.6 is 11.6 Å². The molecular weight excluding hydrogens is 376 g/mol. The van der Waals surface area contributed by atoms with E-state index in [2.05, 4.69) is 0 Å². The molecule has 1 aliphatic heterocycles. The summed E-state index contributed by atoms with van der Waals surface area (Å²) in [6.45, 7) is 1.63. The van der Waals surface area contributed by atoms with E-state index in [1.165, 1.54) is 0 Å². The fourth-order valence-corrected chi connectivity index (χ4v) is 3.70. The standard InChI is InChI=1S/C22H25ClN2O3/c1-24(14-16-5-3-7-20(13-16)28-2)21(26)18-6-4-12-25(15-18)22(27)17-8-10-19(23)11-9-17/h3,5,7-11,13,18H,4,6,12,14-15H2,1-2H3/t18-/m0/s1. The Hall–Kier alpha value is -2.53. The summed E-state index contributed by atoms with van der Waals surface area (Å²) in [6, 6.07) is 14.6. The van der Waals surface area contributed by atoms with Gasteiger partial charge in [0.15, 0.2) is 0 Å². The van der Waals surface area contributed by atoms with E-state index in [9.17, 15) is 9.59 Å². The zero-order valence-electron chi connectivity index (χ0n) is 16.2. The molecule has 2 aromatic rings. The molecule has 6 heteroatoms. The summed E-state index contributed by atoms with van der Waals surface area (Å²) in [5.41, 5.74) is 1.61. The molecule has 0 saturated carbocycles. The summed E-state index contributed by atoms with van der Waals surface area (Å²) in [5.74, 6) is 0.609. The lowest BCUT2D eigenvalue weighted by Crippen LogP contribution is -2.45. The fourth-order valence-electron chi connectivity index (χ4n) is 3.57. The lowest BCUT2D eigenvalue weighted by molar-refractivity contribution is -0.136. The molecule has 0 spiro atoms. The van der Waals surface area contributed by atoms with Crippen molar-refractivity contribution in [3.05, 3.63) is 64.7 Å². The van der Waals surface area contributed by atoms with Crippen molar-refractivity contribution >= 4 is 23.4 Å². The largest absolute Gasteiger partial charge is 0.497 e. The number of piperidine rings is 1. The van der Waals surface area contributed by atoms with E-state index < -0.39 is 0 Å². The number of amides is 2. The molecule has 2 amide bonds. The molecule has 0 bridgehead atoms. The first-order valence-electron chi connectivity index (χ1n) is 9.40. The molecular formula is C22H25ClN2O3. The van der Waals surface area contributed by atoms with Gasteiger partial charge in [0.2, 0.25) is 5.91 Å². The highest BCUT2D eigenvalue weighted by molar-refractivity contribution is 6.30. The SMILES string of the molecule is COc1cccc(CN(C)C(=O)[C@H]2CCCN(C(=O)c3ccc(Cl)cc3)C2)c1. The highest BCUT2D eigenvalue weighted by atomic mass is 35.5. The Morgan fingerprint density at radius 2 is 1.96 bits per heavy atom. The van der Waals surface area contributed by atoms with Crippen molar-refractivity contribution in [3.63, 3.8) is 0 Å². The van der Waals surface area contributed by atoms with Crippen LogP contribution in [0.25, 0.3) is 0 Å². The van der Waals surface area contributed by atoms with Gasteiger partial charge in [0.05, 0.1) is 13.0 Å². The molecule has 1 fully saturated rings. The maximum atomic E-state index is 12.9. The van der Waals surface area contributed by atoms with Gasteiger partial charge in [0, 0.05) is 37.3 Å². The quantitative estimate of drug-likeness (QED) is 0.765. The summed E-state index contributed by atoms with van der Waals surface area (Å²) in [4.78, 5) is 29.2. The number of carbonyl (C=O) groups is 2. The topological polar surface area (TPSA) is 49.9 Å². The lowest BCUT2D eigenvalue weighted by Gasteiger charge is -2.34. The lowest BCUT2D eigenvalue weighted by atomic mass is 9.95. The highest BCUT2D eigenvalue weighted by Gasteiger charge is 2.30. The smallest absolute Gasteiger partial charge is 0.253 e. The minimum absolute atomic E-state index is 0.0513. The zero-order chi connectivity index (χ0) is 20.1. The molecule has 1 atom stereocenters. The number of ether oxygens (including phenoxy) is 1. The van der Waals surface area contributed by atoms with Crippen LogP contribution in [0.4, 0.5) is 0 Å². The fraction of sp³-hybridized carbons (Fsp3) is 0.364. The zero-order valence-corrected chi connectivity index (χ0v) is 17.0. The molecule has 0 radical (unpaired) electrons. The minimum Gasteiger partial charge on any atom is -0.497 e. The number of hydrogen-bond donors (Lipinski definition) is 0. The maximum absolute atomic E-state index is 12.9. The maximum Gasteiger partial charge on any atom is 0.253 e. The number of methoxy groups -OCH3 is 1. The van der Waals surface area contributed by atoms with E-state index in [1.54, 1.807) is 41.2 Å². The average Bonchev–Trinajstić information content (AvgIpc) is 2.73. The summed E-state index contributed by atoms with van der Waals surface area (Å²) in [5, 5.41) is 0.599. The third kappa shape index (κ3) is 4.84. The number of halogens is 1. The first-order chi connectivity index (χ1) is 13.5. The molecule has 1 heterocycles. The van der Waals surface area contributed by atoms with E-state index in [4.69, 9.17) is 16.3 Å². The van der Waals surface area contributed by atoms with Crippen molar-refractivity contribution in [1.82, 2.24) is 9.80 Å². The normalized spacial score (nSPS) is 16.5. The highest BCUT2D eigenvalue weighted by Crippen LogP contribution is 2.22. The van der Waals surface area contributed by atoms with Crippen LogP contribution in [0.3, 0.4) is 0 Å². The van der Waals surface area contributed by atoms with Crippen molar-refractivity contribution in [3.8, 4) is 5.75 Å². The number of carbonyl (C=O) groups excluding carboxylic acids is 2. The Morgan fingerprint density at radius 3 is 2.68 bits per heavy atom. The molecule has 0 unspecified atom stereocenters. The van der Waals surface area contributed by atoms with Gasteiger partial charge in [0.25, 0.3) is 5.91 Å². The van der Waals surface area contributed by atoms with Gasteiger partial charge in [-0.1, -0.05) is 23.7 Å². The summed E-state index contributed by atoms with van der Waals surface area (Å²) < 4.78 is 5.25. The molecule has 1 saturated heterocycles. The van der Waals surface area contributed by atoms with Gasteiger partial charge in [-0.15, -0.1) is 0 Å². The first-order valence-corrected chi connectivity index (χ1v) is 9.78. The number of rotatable bonds is 5. The van der Waals surface area contributed by atoms with Crippen molar-refractivity contribution < 1.29 is 14.3 Å². The monoisotopic (exact) mass is 400 g/mol. The summed E-state index contributed by atoms with van der Waals surface area (Å²) >= 11 is 5.90. The van der Waals surface area contributed by atoms with Gasteiger partial charge in [-0.3, -0.25) is 9.59 Å². The Balaban J connectivity index is 1.63. The molecule has 2 aromatic carbocycles. The van der Waals surface area contributed by atoms with Crippen LogP contribution in [0.2, 0.25) is 5.02 Å². The predicted molar refractivity (Wildman–Crippen MR) is 110 cm³/mol. The second kappa shape index (κ2) is 9.11. The molecule has 0 N–H and O–H groups in total. The third-order valence-electron chi connectivity index (χ3n) is 5.08. The van der Waals surface area contributed by atoms with Crippen LogP contribution in [0.15, 0.2) is 48.5 Å². The minimum atomic E-state index is -0.180. The second-order valence-corrected chi connectivity index (χ2v) is 7.58. The Morgan fingerprint density at radius 1 is 1.21 bits per heavy atom. The van der Waals surface area contributed by atoms with E-state index >= 15 is 0 Å². The number of likely N-dealkylation sites (tertiary alicyclic amines) is 1. The van der Waals surface area contributed by atoms with Gasteiger partial charge in [-0.2, -0.15) is 0 Å². The van der Waals surface area contributed by atoms with Crippen LogP contribution in [0.1, 0.15) is 28.8 Å². The second-order valence-electron chi connectivity index (χ2n) is 7.14. The first kappa shape index (κ1) is 20.2. The molecule has 0 aliphatic carbocycles. The van der Waals surface area contributed by atoms with Crippen LogP contribution in [-0.4, -0.2) is 48.9 Å². The Labute approximate surface area is 170 Å². The van der Waals surface area contributed by atoms with Crippen LogP contribution in [-0.2, 0) is 11.3 Å². The van der Waals surface area contributed by atoms with Gasteiger partial charge in [-0.05, 0) is 54.8 Å². The Kier molecular flexibility index (Phi) is 6.57. The van der Waals surface area contributed by atoms with Gasteiger partial charge in [0.1, 0.15) is 5.75 Å². The molecule has 5 nitrogen and oxygen atoms in total. The van der Waals surface area contributed by atoms with Crippen molar-refractivity contribution in [2.75, 3.05) is 27.2 Å². The van der Waals surface area contributed by atoms with Gasteiger partial charge in [-0.25, -0.2) is 0 Å². The Bertz CT molecular complexity index is 838. The third-order valence-corrected chi connectivity index (χ3v) is 5.33. The number of benzene rings is 2. The van der Waals surface area contributed by atoms with Crippen LogP contribution in [0.5, 0.6) is 5.75 Å². The van der Waals surface area contributed by atoms with E-state index in [1.807, 2.05) is 31.3 Å². The number of nitrogens with zero attached hydrogens (tertiary/aromatic N) is 2. The molecule has 28 heavy (non-hydrogen) atoms. The van der Waals surface area contributed by atoms with Crippen molar-refractivity contribution in [2.24, 2.45) is 5.92 Å². The van der Waals surface area contributed by atoms with E-state index in [-0.39, 0.29) is 17.7 Å². The average molecular weight is 401 g/mol. The van der Waals surface area contributed by atoms with Crippen LogP contribution in [0, 0.1) is 5.92 Å². The molecule has 0 aromatic heterocycles. The van der Waals surface area contributed by atoms with Gasteiger partial charge < -0.3 is 14.5 Å². The van der Waals surface area contributed by atoms with E-state index in [0.717, 1.165) is 24.2 Å². The van der Waals surface area contributed by atoms with Crippen molar-refractivity contribution in [1.29, 1.82) is 0 Å². The predicted octanol–water partition coefficient (Wildman–Crippen LogP) is 3.86. The van der Waals surface area contributed by atoms with Crippen LogP contribution < -0.4 is 4.74 Å². The number of hydrogen-bond acceptors (Lipinski definition) is 3. The van der Waals surface area contributed by atoms with Crippen molar-refractivity contribution in [2.45, 2.75) is 19.4 Å². The summed E-state index contributed by atoms with van der Waals surface area (Å²) in [7, 11) is 3.43. The molecule has 1 aliphatic rings. The molecule has 148 valence electrons. The van der Waals surface area contributed by atoms with E-state index in [0.29, 0.717) is 30.2 Å². The van der Waals surface area contributed by atoms with Gasteiger partial charge >= 0.3 is 0 Å². The summed E-state index contributed by atoms with van der Waals surface area (Å²) in [6.07, 6.45) is 1.62.